The lowest BCUT2D eigenvalue weighted by atomic mass is 10.2. The molecule has 0 radical (unpaired) electrons. The van der Waals surface area contributed by atoms with Crippen LogP contribution in [-0.2, 0) is 16.8 Å². The van der Waals surface area contributed by atoms with Gasteiger partial charge in [-0.2, -0.15) is 17.4 Å². The fourth-order valence-corrected chi connectivity index (χ4v) is 2.43. The van der Waals surface area contributed by atoms with Gasteiger partial charge in [0.05, 0.1) is 20.2 Å². The summed E-state index contributed by atoms with van der Waals surface area (Å²) < 4.78 is 57.5. The summed E-state index contributed by atoms with van der Waals surface area (Å²) >= 11 is 0. The smallest absolute Gasteiger partial charge is 0.279 e. The lowest BCUT2D eigenvalue weighted by Crippen LogP contribution is -2.46. The molecular weight excluding hydrogens is 304 g/mol. The van der Waals surface area contributed by atoms with Crippen molar-refractivity contribution in [3.05, 3.63) is 29.8 Å². The number of nitrogens with one attached hydrogen (secondary N) is 1. The van der Waals surface area contributed by atoms with Crippen LogP contribution in [0, 0.1) is 0 Å². The normalized spacial score (nSPS) is 12.7. The predicted molar refractivity (Wildman–Crippen MR) is 75.4 cm³/mol. The second kappa shape index (κ2) is 7.12. The quantitative estimate of drug-likeness (QED) is 0.732. The van der Waals surface area contributed by atoms with E-state index in [9.17, 15) is 17.2 Å². The van der Waals surface area contributed by atoms with Gasteiger partial charge in [-0.25, -0.2) is 8.78 Å². The molecule has 21 heavy (non-hydrogen) atoms. The fraction of sp³-hybridized carbons (Fsp3) is 0.500. The number of methoxy groups -OCH3 is 1. The Balaban J connectivity index is 2.70. The Morgan fingerprint density at radius 1 is 1.43 bits per heavy atom. The van der Waals surface area contributed by atoms with Crippen LogP contribution >= 0.6 is 0 Å². The minimum absolute atomic E-state index is 0.0285. The first-order chi connectivity index (χ1) is 9.70. The molecule has 0 aliphatic rings. The van der Waals surface area contributed by atoms with Crippen LogP contribution in [0.5, 0.6) is 5.75 Å². The van der Waals surface area contributed by atoms with E-state index < -0.39 is 29.2 Å². The monoisotopic (exact) mass is 323 g/mol. The molecule has 0 unspecified atom stereocenters. The topological polar surface area (TPSA) is 84.7 Å². The van der Waals surface area contributed by atoms with E-state index in [1.165, 1.54) is 14.2 Å². The highest BCUT2D eigenvalue weighted by molar-refractivity contribution is 7.87. The second-order valence-electron chi connectivity index (χ2n) is 4.49. The number of hydrogen-bond donors (Lipinski definition) is 2. The fourth-order valence-electron chi connectivity index (χ4n) is 1.49. The largest absolute Gasteiger partial charge is 0.497 e. The van der Waals surface area contributed by atoms with Crippen LogP contribution in [0.1, 0.15) is 5.56 Å². The summed E-state index contributed by atoms with van der Waals surface area (Å²) in [5.74, 6) is -2.69. The maximum atomic E-state index is 13.0. The van der Waals surface area contributed by atoms with Crippen molar-refractivity contribution in [1.29, 1.82) is 0 Å². The van der Waals surface area contributed by atoms with E-state index in [1.54, 1.807) is 24.3 Å². The summed E-state index contributed by atoms with van der Waals surface area (Å²) in [7, 11) is -1.22. The highest BCUT2D eigenvalue weighted by Gasteiger charge is 2.30. The standard InChI is InChI=1S/C12H19F2N3O3S/c1-17(7-10-4-3-5-11(6-10)20-2)21(18,19)16-9-12(13,14)8-15/h3-6,16H,7-9,15H2,1-2H3. The van der Waals surface area contributed by atoms with Gasteiger partial charge < -0.3 is 10.5 Å². The molecule has 6 nitrogen and oxygen atoms in total. The van der Waals surface area contributed by atoms with Crippen LogP contribution in [-0.4, -0.2) is 45.9 Å². The van der Waals surface area contributed by atoms with Crippen LogP contribution < -0.4 is 15.2 Å². The van der Waals surface area contributed by atoms with Gasteiger partial charge in [0.15, 0.2) is 0 Å². The van der Waals surface area contributed by atoms with Crippen molar-refractivity contribution in [3.63, 3.8) is 0 Å². The van der Waals surface area contributed by atoms with Crippen molar-refractivity contribution >= 4 is 10.2 Å². The lowest BCUT2D eigenvalue weighted by Gasteiger charge is -2.20. The summed E-state index contributed by atoms with van der Waals surface area (Å²) in [5.41, 5.74) is 5.53. The van der Waals surface area contributed by atoms with Gasteiger partial charge in [0.2, 0.25) is 0 Å². The zero-order valence-electron chi connectivity index (χ0n) is 11.8. The first kappa shape index (κ1) is 17.8. The van der Waals surface area contributed by atoms with Crippen molar-refractivity contribution in [2.75, 3.05) is 27.2 Å². The van der Waals surface area contributed by atoms with E-state index in [4.69, 9.17) is 10.5 Å². The molecular formula is C12H19F2N3O3S. The van der Waals surface area contributed by atoms with E-state index in [0.717, 1.165) is 4.31 Å². The first-order valence-corrected chi connectivity index (χ1v) is 7.56. The molecule has 0 saturated heterocycles. The number of benzene rings is 1. The summed E-state index contributed by atoms with van der Waals surface area (Å²) in [4.78, 5) is 0. The number of rotatable bonds is 8. The molecule has 0 fully saturated rings. The third-order valence-electron chi connectivity index (χ3n) is 2.76. The van der Waals surface area contributed by atoms with Crippen LogP contribution in [0.2, 0.25) is 0 Å². The average Bonchev–Trinajstić information content (AvgIpc) is 2.45. The van der Waals surface area contributed by atoms with E-state index >= 15 is 0 Å². The Morgan fingerprint density at radius 3 is 2.67 bits per heavy atom. The number of nitrogens with two attached hydrogens (primary N) is 1. The second-order valence-corrected chi connectivity index (χ2v) is 6.36. The highest BCUT2D eigenvalue weighted by Crippen LogP contribution is 2.15. The molecule has 9 heteroatoms. The molecule has 0 spiro atoms. The van der Waals surface area contributed by atoms with Crippen LogP contribution in [0.25, 0.3) is 0 Å². The third kappa shape index (κ3) is 5.54. The Bertz CT molecular complexity index is 567. The molecule has 1 rings (SSSR count). The minimum atomic E-state index is -4.01. The van der Waals surface area contributed by atoms with Gasteiger partial charge in [-0.3, -0.25) is 0 Å². The number of hydrogen-bond acceptors (Lipinski definition) is 4. The Labute approximate surface area is 123 Å². The lowest BCUT2D eigenvalue weighted by molar-refractivity contribution is 0.0167. The SMILES string of the molecule is COc1cccc(CN(C)S(=O)(=O)NCC(F)(F)CN)c1. The number of alkyl halides is 2. The van der Waals surface area contributed by atoms with Gasteiger partial charge in [0.1, 0.15) is 5.75 Å². The summed E-state index contributed by atoms with van der Waals surface area (Å²) in [6.45, 7) is -1.93. The van der Waals surface area contributed by atoms with Gasteiger partial charge in [-0.05, 0) is 17.7 Å². The Kier molecular flexibility index (Phi) is 6.02. The van der Waals surface area contributed by atoms with Gasteiger partial charge in [-0.15, -0.1) is 0 Å². The summed E-state index contributed by atoms with van der Waals surface area (Å²) in [5, 5.41) is 0. The van der Waals surface area contributed by atoms with Gasteiger partial charge in [-0.1, -0.05) is 12.1 Å². The molecule has 120 valence electrons. The molecule has 0 aliphatic heterocycles. The maximum absolute atomic E-state index is 13.0. The maximum Gasteiger partial charge on any atom is 0.279 e. The molecule has 1 aromatic rings. The molecule has 0 aliphatic carbocycles. The van der Waals surface area contributed by atoms with Gasteiger partial charge >= 0.3 is 0 Å². The molecule has 0 saturated carbocycles. The van der Waals surface area contributed by atoms with Crippen molar-refractivity contribution in [3.8, 4) is 5.75 Å². The molecule has 3 N–H and O–H groups in total. The van der Waals surface area contributed by atoms with Crippen LogP contribution in [0.4, 0.5) is 8.78 Å². The number of ether oxygens (including phenoxy) is 1. The molecule has 0 aromatic heterocycles. The van der Waals surface area contributed by atoms with E-state index in [2.05, 4.69) is 0 Å². The van der Waals surface area contributed by atoms with E-state index in [1.807, 2.05) is 4.72 Å². The van der Waals surface area contributed by atoms with E-state index in [0.29, 0.717) is 11.3 Å². The third-order valence-corrected chi connectivity index (χ3v) is 4.22. The molecule has 0 heterocycles. The molecule has 1 aromatic carbocycles. The summed E-state index contributed by atoms with van der Waals surface area (Å²) in [6, 6.07) is 6.81. The van der Waals surface area contributed by atoms with Gasteiger partial charge in [0.25, 0.3) is 16.1 Å². The molecule has 0 bridgehead atoms. The summed E-state index contributed by atoms with van der Waals surface area (Å²) in [6.07, 6.45) is 0. The van der Waals surface area contributed by atoms with Crippen molar-refractivity contribution in [2.24, 2.45) is 5.73 Å². The average molecular weight is 323 g/mol. The zero-order chi connectivity index (χ0) is 16.1. The zero-order valence-corrected chi connectivity index (χ0v) is 12.7. The van der Waals surface area contributed by atoms with Crippen LogP contribution in [0.15, 0.2) is 24.3 Å². The van der Waals surface area contributed by atoms with Crippen LogP contribution in [0.3, 0.4) is 0 Å². The minimum Gasteiger partial charge on any atom is -0.497 e. The Hall–Kier alpha value is -1.29. The molecule has 0 atom stereocenters. The first-order valence-electron chi connectivity index (χ1n) is 6.12. The van der Waals surface area contributed by atoms with Gasteiger partial charge in [0, 0.05) is 13.6 Å². The number of halogens is 2. The van der Waals surface area contributed by atoms with Crippen molar-refractivity contribution in [2.45, 2.75) is 12.5 Å². The van der Waals surface area contributed by atoms with E-state index in [-0.39, 0.29) is 6.54 Å². The molecule has 0 amide bonds. The highest BCUT2D eigenvalue weighted by atomic mass is 32.2. The predicted octanol–water partition coefficient (Wildman–Crippen LogP) is 0.555. The Morgan fingerprint density at radius 2 is 2.10 bits per heavy atom. The van der Waals surface area contributed by atoms with Crippen molar-refractivity contribution in [1.82, 2.24) is 9.03 Å². The van der Waals surface area contributed by atoms with Crippen molar-refractivity contribution < 1.29 is 21.9 Å². The number of nitrogens with zero attached hydrogens (tertiary/aromatic N) is 1.